The van der Waals surface area contributed by atoms with E-state index < -0.39 is 0 Å². The predicted molar refractivity (Wildman–Crippen MR) is 133 cm³/mol. The van der Waals surface area contributed by atoms with Gasteiger partial charge in [-0.1, -0.05) is 11.8 Å². The minimum atomic E-state index is -0.212. The van der Waals surface area contributed by atoms with Gasteiger partial charge in [-0.05, 0) is 84.2 Å². The minimum absolute atomic E-state index is 0.135. The lowest BCUT2D eigenvalue weighted by Crippen LogP contribution is -2.24. The predicted octanol–water partition coefficient (Wildman–Crippen LogP) is 4.35. The highest BCUT2D eigenvalue weighted by Crippen LogP contribution is 2.26. The van der Waals surface area contributed by atoms with E-state index in [2.05, 4.69) is 36.8 Å². The Balaban J connectivity index is 1.58. The number of anilines is 1. The van der Waals surface area contributed by atoms with Gasteiger partial charge in [0.25, 0.3) is 5.91 Å². The Morgan fingerprint density at radius 2 is 1.82 bits per heavy atom. The van der Waals surface area contributed by atoms with E-state index in [-0.39, 0.29) is 24.1 Å². The molecule has 2 amide bonds. The van der Waals surface area contributed by atoms with Gasteiger partial charge < -0.3 is 19.9 Å². The molecule has 0 fully saturated rings. The summed E-state index contributed by atoms with van der Waals surface area (Å²) in [5.41, 5.74) is 3.52. The van der Waals surface area contributed by atoms with Gasteiger partial charge in [-0.3, -0.25) is 9.59 Å². The molecule has 1 heterocycles. The number of benzene rings is 2. The molecule has 3 rings (SSSR count). The first kappa shape index (κ1) is 24.8. The number of amides is 2. The number of methoxy groups -OCH3 is 1. The minimum Gasteiger partial charge on any atom is -0.497 e. The molecule has 0 radical (unpaired) electrons. The Hall–Kier alpha value is -2.85. The molecule has 1 aromatic heterocycles. The number of hydrogen-bond donors (Lipinski definition) is 2. The smallest absolute Gasteiger partial charge is 0.251 e. The molecule has 0 atom stereocenters. The highest BCUT2D eigenvalue weighted by Gasteiger charge is 2.15. The molecule has 0 aliphatic carbocycles. The molecular formula is C23H26BrN5O3S. The number of aromatic nitrogens is 3. The van der Waals surface area contributed by atoms with E-state index >= 15 is 0 Å². The fraction of sp³-hybridized carbons (Fsp3) is 0.304. The van der Waals surface area contributed by atoms with Gasteiger partial charge in [-0.2, -0.15) is 0 Å². The zero-order chi connectivity index (χ0) is 24.0. The number of hydrogen-bond acceptors (Lipinski definition) is 6. The second-order valence-electron chi connectivity index (χ2n) is 7.31. The quantitative estimate of drug-likeness (QED) is 0.398. The molecule has 0 aliphatic rings. The number of nitrogens with one attached hydrogen (secondary N) is 2. The second kappa shape index (κ2) is 11.3. The molecule has 0 aliphatic heterocycles. The second-order valence-corrected chi connectivity index (χ2v) is 9.10. The van der Waals surface area contributed by atoms with E-state index in [0.717, 1.165) is 21.3 Å². The number of carbonyl (C=O) groups is 2. The zero-order valence-corrected chi connectivity index (χ0v) is 21.3. The average molecular weight is 532 g/mol. The number of ether oxygens (including phenoxy) is 1. The van der Waals surface area contributed by atoms with E-state index in [1.54, 1.807) is 31.4 Å². The van der Waals surface area contributed by atoms with Crippen molar-refractivity contribution >= 4 is 45.2 Å². The van der Waals surface area contributed by atoms with E-state index in [1.165, 1.54) is 11.8 Å². The van der Waals surface area contributed by atoms with Crippen molar-refractivity contribution in [2.75, 3.05) is 18.2 Å². The Labute approximate surface area is 205 Å². The van der Waals surface area contributed by atoms with Gasteiger partial charge in [0.05, 0.1) is 25.1 Å². The highest BCUT2D eigenvalue weighted by molar-refractivity contribution is 9.10. The van der Waals surface area contributed by atoms with Crippen LogP contribution in [0.3, 0.4) is 0 Å². The first-order valence-electron chi connectivity index (χ1n) is 10.4. The topological polar surface area (TPSA) is 98.1 Å². The maximum Gasteiger partial charge on any atom is 0.251 e. The zero-order valence-electron chi connectivity index (χ0n) is 18.9. The lowest BCUT2D eigenvalue weighted by atomic mass is 10.1. The number of aryl methyl sites for hydroxylation is 2. The highest BCUT2D eigenvalue weighted by atomic mass is 79.9. The molecule has 2 N–H and O–H groups in total. The van der Waals surface area contributed by atoms with E-state index in [9.17, 15) is 9.59 Å². The maximum atomic E-state index is 12.5. The molecule has 8 nitrogen and oxygen atoms in total. The van der Waals surface area contributed by atoms with Crippen molar-refractivity contribution in [1.82, 2.24) is 20.1 Å². The van der Waals surface area contributed by atoms with Crippen LogP contribution in [0.2, 0.25) is 0 Å². The van der Waals surface area contributed by atoms with Crippen molar-refractivity contribution in [2.45, 2.75) is 39.0 Å². The van der Waals surface area contributed by atoms with E-state index in [4.69, 9.17) is 4.74 Å². The summed E-state index contributed by atoms with van der Waals surface area (Å²) in [5, 5.41) is 14.8. The van der Waals surface area contributed by atoms with Crippen LogP contribution in [0.5, 0.6) is 5.75 Å². The molecule has 2 aromatic carbocycles. The summed E-state index contributed by atoms with van der Waals surface area (Å²) in [6, 6.07) is 10.8. The van der Waals surface area contributed by atoms with Crippen LogP contribution >= 0.6 is 27.7 Å². The summed E-state index contributed by atoms with van der Waals surface area (Å²) in [7, 11) is 1.58. The first-order chi connectivity index (χ1) is 15.8. The lowest BCUT2D eigenvalue weighted by Gasteiger charge is -2.11. The Morgan fingerprint density at radius 1 is 1.12 bits per heavy atom. The van der Waals surface area contributed by atoms with Crippen molar-refractivity contribution in [1.29, 1.82) is 0 Å². The third-order valence-corrected chi connectivity index (χ3v) is 6.68. The van der Waals surface area contributed by atoms with Crippen molar-refractivity contribution in [3.8, 4) is 5.75 Å². The molecule has 0 saturated heterocycles. The van der Waals surface area contributed by atoms with Gasteiger partial charge in [0.2, 0.25) is 5.91 Å². The van der Waals surface area contributed by atoms with Crippen molar-refractivity contribution in [3.05, 3.63) is 63.4 Å². The van der Waals surface area contributed by atoms with Crippen LogP contribution in [-0.2, 0) is 17.9 Å². The van der Waals surface area contributed by atoms with Gasteiger partial charge in [-0.15, -0.1) is 10.2 Å². The summed E-state index contributed by atoms with van der Waals surface area (Å²) in [6.07, 6.45) is 0. The van der Waals surface area contributed by atoms with Crippen molar-refractivity contribution in [3.63, 3.8) is 0 Å². The van der Waals surface area contributed by atoms with Crippen LogP contribution in [0.15, 0.2) is 46.0 Å². The average Bonchev–Trinajstić information content (AvgIpc) is 3.21. The monoisotopic (exact) mass is 531 g/mol. The van der Waals surface area contributed by atoms with Crippen LogP contribution in [0, 0.1) is 13.8 Å². The fourth-order valence-electron chi connectivity index (χ4n) is 3.07. The van der Waals surface area contributed by atoms with Crippen molar-refractivity contribution < 1.29 is 14.3 Å². The number of rotatable bonds is 9. The molecule has 0 unspecified atom stereocenters. The molecule has 3 aromatic rings. The largest absolute Gasteiger partial charge is 0.497 e. The van der Waals surface area contributed by atoms with E-state index in [1.807, 2.05) is 37.5 Å². The number of carbonyl (C=O) groups excluding carboxylic acids is 2. The van der Waals surface area contributed by atoms with Crippen LogP contribution in [0.1, 0.15) is 34.2 Å². The van der Waals surface area contributed by atoms with Gasteiger partial charge in [0.1, 0.15) is 5.75 Å². The molecule has 0 saturated carbocycles. The fourth-order valence-corrected chi connectivity index (χ4v) is 4.45. The molecule has 174 valence electrons. The summed E-state index contributed by atoms with van der Waals surface area (Å²) in [5.74, 6) is 1.15. The third-order valence-electron chi connectivity index (χ3n) is 5.06. The standard InChI is InChI=1S/C23H26BrN5O3S/c1-5-29-20(12-25-22(31)16-6-8-17(32-4)9-7-16)27-28-23(29)33-13-21(30)26-19-11-15(3)14(2)10-18(19)24/h6-11H,5,12-13H2,1-4H3,(H,25,31)(H,26,30). The molecular weight excluding hydrogens is 506 g/mol. The summed E-state index contributed by atoms with van der Waals surface area (Å²) < 4.78 is 7.84. The van der Waals surface area contributed by atoms with Gasteiger partial charge >= 0.3 is 0 Å². The van der Waals surface area contributed by atoms with Gasteiger partial charge in [-0.25, -0.2) is 0 Å². The molecule has 33 heavy (non-hydrogen) atoms. The third kappa shape index (κ3) is 6.35. The summed E-state index contributed by atoms with van der Waals surface area (Å²) >= 11 is 4.80. The van der Waals surface area contributed by atoms with E-state index in [0.29, 0.717) is 28.8 Å². The SMILES string of the molecule is CCn1c(CNC(=O)c2ccc(OC)cc2)nnc1SCC(=O)Nc1cc(C)c(C)cc1Br. The first-order valence-corrected chi connectivity index (χ1v) is 12.1. The van der Waals surface area contributed by atoms with Gasteiger partial charge in [0, 0.05) is 16.6 Å². The van der Waals surface area contributed by atoms with Crippen LogP contribution in [-0.4, -0.2) is 39.4 Å². The van der Waals surface area contributed by atoms with Crippen LogP contribution in [0.4, 0.5) is 5.69 Å². The summed E-state index contributed by atoms with van der Waals surface area (Å²) in [6.45, 7) is 6.84. The molecule has 0 bridgehead atoms. The molecule has 0 spiro atoms. The summed E-state index contributed by atoms with van der Waals surface area (Å²) in [4.78, 5) is 24.9. The molecule has 10 heteroatoms. The number of thioether (sulfide) groups is 1. The van der Waals surface area contributed by atoms with Crippen LogP contribution < -0.4 is 15.4 Å². The Bertz CT molecular complexity index is 1150. The Morgan fingerprint density at radius 3 is 2.48 bits per heavy atom. The van der Waals surface area contributed by atoms with Crippen molar-refractivity contribution in [2.24, 2.45) is 0 Å². The Kier molecular flexibility index (Phi) is 8.51. The van der Waals surface area contributed by atoms with Crippen LogP contribution in [0.25, 0.3) is 0 Å². The number of halogens is 1. The maximum absolute atomic E-state index is 12.5. The van der Waals surface area contributed by atoms with Gasteiger partial charge in [0.15, 0.2) is 11.0 Å². The lowest BCUT2D eigenvalue weighted by molar-refractivity contribution is -0.113. The number of nitrogens with zero attached hydrogens (tertiary/aromatic N) is 3. The normalized spacial score (nSPS) is 10.7.